The molecule has 2 unspecified atom stereocenters. The highest BCUT2D eigenvalue weighted by atomic mass is 16.5. The number of benzene rings is 1. The number of nitrogens with zero attached hydrogens (tertiary/aromatic N) is 1. The smallest absolute Gasteiger partial charge is 0.325 e. The van der Waals surface area contributed by atoms with Crippen molar-refractivity contribution < 1.29 is 14.6 Å². The molecule has 0 saturated carbocycles. The minimum Gasteiger partial charge on any atom is -0.496 e. The van der Waals surface area contributed by atoms with Gasteiger partial charge in [-0.15, -0.1) is 0 Å². The van der Waals surface area contributed by atoms with Gasteiger partial charge in [0.2, 0.25) is 0 Å². The zero-order valence-corrected chi connectivity index (χ0v) is 11.5. The van der Waals surface area contributed by atoms with Crippen LogP contribution >= 0.6 is 0 Å². The predicted molar refractivity (Wildman–Crippen MR) is 73.4 cm³/mol. The Bertz CT molecular complexity index is 447. The first-order valence-electron chi connectivity index (χ1n) is 6.76. The molecule has 1 aliphatic rings. The van der Waals surface area contributed by atoms with Crippen molar-refractivity contribution in [2.45, 2.75) is 38.3 Å². The number of piperidine rings is 1. The first-order chi connectivity index (χ1) is 9.15. The van der Waals surface area contributed by atoms with Crippen LogP contribution in [0.4, 0.5) is 0 Å². The predicted octanol–water partition coefficient (Wildman–Crippen LogP) is 2.70. The lowest BCUT2D eigenvalue weighted by Crippen LogP contribution is -2.43. The molecule has 1 saturated heterocycles. The largest absolute Gasteiger partial charge is 0.496 e. The number of para-hydroxylation sites is 1. The molecule has 2 rings (SSSR count). The lowest BCUT2D eigenvalue weighted by atomic mass is 9.96. The maximum absolute atomic E-state index is 11.7. The molecule has 104 valence electrons. The number of carbonyl (C=O) groups is 1. The number of likely N-dealkylation sites (tertiary alicyclic amines) is 1. The molecule has 0 bridgehead atoms. The monoisotopic (exact) mass is 263 g/mol. The van der Waals surface area contributed by atoms with Crippen LogP contribution in [-0.4, -0.2) is 35.7 Å². The number of hydrogen-bond acceptors (Lipinski definition) is 3. The van der Waals surface area contributed by atoms with Gasteiger partial charge in [0.05, 0.1) is 7.11 Å². The van der Waals surface area contributed by atoms with Crippen LogP contribution < -0.4 is 4.74 Å². The summed E-state index contributed by atoms with van der Waals surface area (Å²) in [4.78, 5) is 13.8. The summed E-state index contributed by atoms with van der Waals surface area (Å²) in [6.07, 6.45) is 3.29. The van der Waals surface area contributed by atoms with Gasteiger partial charge in [0.25, 0.3) is 0 Å². The average Bonchev–Trinajstić information content (AvgIpc) is 2.41. The van der Waals surface area contributed by atoms with Gasteiger partial charge in [-0.1, -0.05) is 24.6 Å². The van der Waals surface area contributed by atoms with Crippen LogP contribution in [0.1, 0.15) is 37.8 Å². The van der Waals surface area contributed by atoms with Gasteiger partial charge in [0.1, 0.15) is 11.8 Å². The lowest BCUT2D eigenvalue weighted by Gasteiger charge is -2.38. The van der Waals surface area contributed by atoms with Gasteiger partial charge in [-0.3, -0.25) is 9.69 Å². The average molecular weight is 263 g/mol. The van der Waals surface area contributed by atoms with E-state index in [2.05, 4.69) is 11.8 Å². The topological polar surface area (TPSA) is 49.8 Å². The second-order valence-corrected chi connectivity index (χ2v) is 5.07. The minimum atomic E-state index is -0.807. The summed E-state index contributed by atoms with van der Waals surface area (Å²) in [5, 5.41) is 9.62. The van der Waals surface area contributed by atoms with Gasteiger partial charge >= 0.3 is 5.97 Å². The van der Waals surface area contributed by atoms with Crippen LogP contribution in [-0.2, 0) is 4.79 Å². The summed E-state index contributed by atoms with van der Waals surface area (Å²) in [6, 6.07) is 7.06. The molecule has 1 heterocycles. The van der Waals surface area contributed by atoms with E-state index in [-0.39, 0.29) is 0 Å². The Labute approximate surface area is 114 Å². The Kier molecular flexibility index (Phi) is 4.43. The molecule has 1 fully saturated rings. The van der Waals surface area contributed by atoms with Gasteiger partial charge in [0, 0.05) is 11.6 Å². The second-order valence-electron chi connectivity index (χ2n) is 5.07. The number of ether oxygens (including phenoxy) is 1. The van der Waals surface area contributed by atoms with Gasteiger partial charge < -0.3 is 9.84 Å². The molecule has 1 N–H and O–H groups in total. The molecule has 0 aliphatic carbocycles. The van der Waals surface area contributed by atoms with Crippen molar-refractivity contribution in [1.82, 2.24) is 4.90 Å². The molecule has 1 aromatic carbocycles. The number of methoxy groups -OCH3 is 1. The van der Waals surface area contributed by atoms with Gasteiger partial charge in [-0.25, -0.2) is 0 Å². The Hall–Kier alpha value is -1.55. The molecule has 0 radical (unpaired) electrons. The number of carboxylic acid groups (broad SMARTS) is 1. The van der Waals surface area contributed by atoms with Crippen molar-refractivity contribution in [2.75, 3.05) is 13.7 Å². The summed E-state index contributed by atoms with van der Waals surface area (Å²) < 4.78 is 5.31. The van der Waals surface area contributed by atoms with Crippen molar-refractivity contribution in [3.05, 3.63) is 29.8 Å². The summed E-state index contributed by atoms with van der Waals surface area (Å²) in [5.41, 5.74) is 0.742. The molecular weight excluding hydrogens is 242 g/mol. The third-order valence-electron chi connectivity index (χ3n) is 3.85. The molecule has 4 nitrogen and oxygen atoms in total. The zero-order valence-electron chi connectivity index (χ0n) is 11.5. The Morgan fingerprint density at radius 2 is 2.16 bits per heavy atom. The van der Waals surface area contributed by atoms with E-state index in [4.69, 9.17) is 4.74 Å². The van der Waals surface area contributed by atoms with E-state index in [1.807, 2.05) is 24.3 Å². The lowest BCUT2D eigenvalue weighted by molar-refractivity contribution is -0.145. The van der Waals surface area contributed by atoms with E-state index >= 15 is 0 Å². The van der Waals surface area contributed by atoms with Crippen molar-refractivity contribution in [1.29, 1.82) is 0 Å². The van der Waals surface area contributed by atoms with Gasteiger partial charge in [-0.2, -0.15) is 0 Å². The normalized spacial score (nSPS) is 21.9. The molecular formula is C15H21NO3. The fraction of sp³-hybridized carbons (Fsp3) is 0.533. The summed E-state index contributed by atoms with van der Waals surface area (Å²) in [6.45, 7) is 2.93. The summed E-state index contributed by atoms with van der Waals surface area (Å²) in [5.74, 6) is -0.161. The van der Waals surface area contributed by atoms with E-state index in [9.17, 15) is 9.90 Å². The highest BCUT2D eigenvalue weighted by Gasteiger charge is 2.33. The molecule has 1 aromatic rings. The van der Waals surface area contributed by atoms with Crippen molar-refractivity contribution in [2.24, 2.45) is 0 Å². The molecule has 19 heavy (non-hydrogen) atoms. The van der Waals surface area contributed by atoms with Crippen molar-refractivity contribution in [3.63, 3.8) is 0 Å². The van der Waals surface area contributed by atoms with Crippen LogP contribution in [0.15, 0.2) is 24.3 Å². The molecule has 2 atom stereocenters. The number of rotatable bonds is 4. The first kappa shape index (κ1) is 13.9. The SMILES string of the molecule is COc1ccccc1C(C(=O)O)N1CCCCC1C. The summed E-state index contributed by atoms with van der Waals surface area (Å²) >= 11 is 0. The van der Waals surface area contributed by atoms with E-state index < -0.39 is 12.0 Å². The van der Waals surface area contributed by atoms with E-state index in [1.54, 1.807) is 7.11 Å². The maximum Gasteiger partial charge on any atom is 0.325 e. The first-order valence-corrected chi connectivity index (χ1v) is 6.76. The highest BCUT2D eigenvalue weighted by Crippen LogP contribution is 2.33. The molecule has 4 heteroatoms. The van der Waals surface area contributed by atoms with Crippen LogP contribution in [0.3, 0.4) is 0 Å². The molecule has 0 aromatic heterocycles. The Morgan fingerprint density at radius 3 is 2.79 bits per heavy atom. The van der Waals surface area contributed by atoms with Crippen LogP contribution in [0.5, 0.6) is 5.75 Å². The van der Waals surface area contributed by atoms with Crippen LogP contribution in [0.25, 0.3) is 0 Å². The van der Waals surface area contributed by atoms with Gasteiger partial charge in [0.15, 0.2) is 0 Å². The summed E-state index contributed by atoms with van der Waals surface area (Å²) in [7, 11) is 1.58. The van der Waals surface area contributed by atoms with Crippen LogP contribution in [0.2, 0.25) is 0 Å². The van der Waals surface area contributed by atoms with Crippen LogP contribution in [0, 0.1) is 0 Å². The van der Waals surface area contributed by atoms with E-state index in [1.165, 1.54) is 6.42 Å². The fourth-order valence-corrected chi connectivity index (χ4v) is 2.85. The third kappa shape index (κ3) is 2.89. The second kappa shape index (κ2) is 6.06. The van der Waals surface area contributed by atoms with Crippen molar-refractivity contribution >= 4 is 5.97 Å². The molecule has 1 aliphatic heterocycles. The quantitative estimate of drug-likeness (QED) is 0.907. The van der Waals surface area contributed by atoms with Gasteiger partial charge in [-0.05, 0) is 32.4 Å². The Morgan fingerprint density at radius 1 is 1.42 bits per heavy atom. The van der Waals surface area contributed by atoms with E-state index in [0.717, 1.165) is 24.9 Å². The van der Waals surface area contributed by atoms with Crippen molar-refractivity contribution in [3.8, 4) is 5.75 Å². The maximum atomic E-state index is 11.7. The highest BCUT2D eigenvalue weighted by molar-refractivity contribution is 5.76. The fourth-order valence-electron chi connectivity index (χ4n) is 2.85. The zero-order chi connectivity index (χ0) is 13.8. The molecule has 0 amide bonds. The third-order valence-corrected chi connectivity index (χ3v) is 3.85. The molecule has 0 spiro atoms. The number of hydrogen-bond donors (Lipinski definition) is 1. The standard InChI is InChI=1S/C15H21NO3/c1-11-7-5-6-10-16(11)14(15(17)18)12-8-3-4-9-13(12)19-2/h3-4,8-9,11,14H,5-7,10H2,1-2H3,(H,17,18). The number of aliphatic carboxylic acids is 1. The minimum absolute atomic E-state index is 0.291. The van der Waals surface area contributed by atoms with E-state index in [0.29, 0.717) is 11.8 Å². The Balaban J connectivity index is 2.36. The number of carboxylic acids is 1.